The predicted octanol–water partition coefficient (Wildman–Crippen LogP) is 2.21. The molecule has 0 bridgehead atoms. The number of halogens is 1. The molecule has 0 radical (unpaired) electrons. The van der Waals surface area contributed by atoms with Gasteiger partial charge in [-0.25, -0.2) is 4.39 Å². The SMILES string of the molecule is CN(C)c1cccc(C(=O)NNC(=O)C2CCN(C(=O)c3ccc(F)cc3)CC2)c1. The van der Waals surface area contributed by atoms with Gasteiger partial charge in [0.2, 0.25) is 5.91 Å². The van der Waals surface area contributed by atoms with E-state index in [1.54, 1.807) is 23.1 Å². The van der Waals surface area contributed by atoms with Crippen LogP contribution in [0.4, 0.5) is 10.1 Å². The molecule has 30 heavy (non-hydrogen) atoms. The summed E-state index contributed by atoms with van der Waals surface area (Å²) in [5.41, 5.74) is 6.69. The van der Waals surface area contributed by atoms with Crippen LogP contribution in [0, 0.1) is 11.7 Å². The summed E-state index contributed by atoms with van der Waals surface area (Å²) in [4.78, 5) is 40.7. The maximum atomic E-state index is 13.0. The van der Waals surface area contributed by atoms with Gasteiger partial charge in [-0.15, -0.1) is 0 Å². The Morgan fingerprint density at radius 2 is 1.63 bits per heavy atom. The molecule has 1 heterocycles. The van der Waals surface area contributed by atoms with E-state index < -0.39 is 11.7 Å². The Morgan fingerprint density at radius 1 is 0.967 bits per heavy atom. The standard InChI is InChI=1S/C22H25FN4O3/c1-26(2)19-5-3-4-17(14-19)21(29)25-24-20(28)15-10-12-27(13-11-15)22(30)16-6-8-18(23)9-7-16/h3-9,14-15H,10-13H2,1-2H3,(H,24,28)(H,25,29). The Hall–Kier alpha value is -3.42. The first-order valence-electron chi connectivity index (χ1n) is 9.77. The summed E-state index contributed by atoms with van der Waals surface area (Å²) in [6.45, 7) is 0.847. The Labute approximate surface area is 174 Å². The molecule has 0 atom stereocenters. The first-order chi connectivity index (χ1) is 14.3. The highest BCUT2D eigenvalue weighted by Gasteiger charge is 2.28. The van der Waals surface area contributed by atoms with Crippen LogP contribution >= 0.6 is 0 Å². The smallest absolute Gasteiger partial charge is 0.269 e. The lowest BCUT2D eigenvalue weighted by molar-refractivity contribution is -0.127. The van der Waals surface area contributed by atoms with E-state index in [-0.39, 0.29) is 17.7 Å². The molecule has 8 heteroatoms. The number of carbonyl (C=O) groups excluding carboxylic acids is 3. The zero-order valence-corrected chi connectivity index (χ0v) is 17.0. The zero-order valence-electron chi connectivity index (χ0n) is 17.0. The van der Waals surface area contributed by atoms with Crippen LogP contribution in [-0.4, -0.2) is 49.8 Å². The van der Waals surface area contributed by atoms with Gasteiger partial charge in [0.1, 0.15) is 5.82 Å². The number of hydrogen-bond acceptors (Lipinski definition) is 4. The molecule has 3 amide bonds. The highest BCUT2D eigenvalue weighted by atomic mass is 19.1. The number of hydrazine groups is 1. The Morgan fingerprint density at radius 3 is 2.27 bits per heavy atom. The van der Waals surface area contributed by atoms with Crippen molar-refractivity contribution in [2.75, 3.05) is 32.1 Å². The number of anilines is 1. The summed E-state index contributed by atoms with van der Waals surface area (Å²) in [6, 6.07) is 12.5. The highest BCUT2D eigenvalue weighted by molar-refractivity contribution is 5.96. The van der Waals surface area contributed by atoms with Crippen molar-refractivity contribution in [3.8, 4) is 0 Å². The fourth-order valence-electron chi connectivity index (χ4n) is 3.34. The maximum Gasteiger partial charge on any atom is 0.269 e. The van der Waals surface area contributed by atoms with Crippen LogP contribution in [0.5, 0.6) is 0 Å². The van der Waals surface area contributed by atoms with Gasteiger partial charge in [-0.1, -0.05) is 6.07 Å². The van der Waals surface area contributed by atoms with E-state index in [0.29, 0.717) is 37.1 Å². The van der Waals surface area contributed by atoms with Crippen LogP contribution in [0.1, 0.15) is 33.6 Å². The number of nitrogens with zero attached hydrogens (tertiary/aromatic N) is 2. The van der Waals surface area contributed by atoms with Gasteiger partial charge < -0.3 is 9.80 Å². The van der Waals surface area contributed by atoms with Crippen molar-refractivity contribution in [1.29, 1.82) is 0 Å². The fraction of sp³-hybridized carbons (Fsp3) is 0.318. The molecule has 158 valence electrons. The third kappa shape index (κ3) is 5.14. The van der Waals surface area contributed by atoms with Crippen LogP contribution in [-0.2, 0) is 4.79 Å². The minimum absolute atomic E-state index is 0.178. The predicted molar refractivity (Wildman–Crippen MR) is 111 cm³/mol. The maximum absolute atomic E-state index is 13.0. The monoisotopic (exact) mass is 412 g/mol. The number of hydrogen-bond donors (Lipinski definition) is 2. The highest BCUT2D eigenvalue weighted by Crippen LogP contribution is 2.19. The van der Waals surface area contributed by atoms with Gasteiger partial charge in [-0.3, -0.25) is 25.2 Å². The lowest BCUT2D eigenvalue weighted by Gasteiger charge is -2.31. The van der Waals surface area contributed by atoms with Crippen molar-refractivity contribution in [2.24, 2.45) is 5.92 Å². The largest absolute Gasteiger partial charge is 0.378 e. The molecule has 3 rings (SSSR count). The third-order valence-electron chi connectivity index (χ3n) is 5.17. The fourth-order valence-corrected chi connectivity index (χ4v) is 3.34. The molecule has 2 aromatic carbocycles. The molecule has 0 aliphatic carbocycles. The second-order valence-corrected chi connectivity index (χ2v) is 7.46. The first-order valence-corrected chi connectivity index (χ1v) is 9.77. The van der Waals surface area contributed by atoms with Gasteiger partial charge in [0, 0.05) is 49.9 Å². The molecule has 0 saturated carbocycles. The van der Waals surface area contributed by atoms with Crippen molar-refractivity contribution >= 4 is 23.4 Å². The average molecular weight is 412 g/mol. The Bertz CT molecular complexity index is 922. The zero-order chi connectivity index (χ0) is 21.7. The minimum Gasteiger partial charge on any atom is -0.378 e. The molecular weight excluding hydrogens is 387 g/mol. The first kappa shape index (κ1) is 21.3. The van der Waals surface area contributed by atoms with Crippen molar-refractivity contribution in [3.05, 3.63) is 65.5 Å². The topological polar surface area (TPSA) is 81.8 Å². The molecule has 1 aliphatic rings. The molecule has 7 nitrogen and oxygen atoms in total. The number of piperidine rings is 1. The normalized spacial score (nSPS) is 14.2. The van der Waals surface area contributed by atoms with Crippen LogP contribution in [0.2, 0.25) is 0 Å². The van der Waals surface area contributed by atoms with Gasteiger partial charge in [0.15, 0.2) is 0 Å². The number of carbonyl (C=O) groups is 3. The number of benzene rings is 2. The summed E-state index contributed by atoms with van der Waals surface area (Å²) in [5, 5.41) is 0. The second-order valence-electron chi connectivity index (χ2n) is 7.46. The molecule has 0 unspecified atom stereocenters. The van der Waals surface area contributed by atoms with E-state index in [1.165, 1.54) is 24.3 Å². The number of amides is 3. The van der Waals surface area contributed by atoms with E-state index >= 15 is 0 Å². The van der Waals surface area contributed by atoms with Gasteiger partial charge in [-0.05, 0) is 55.3 Å². The van der Waals surface area contributed by atoms with Gasteiger partial charge in [-0.2, -0.15) is 0 Å². The third-order valence-corrected chi connectivity index (χ3v) is 5.17. The summed E-state index contributed by atoms with van der Waals surface area (Å²) >= 11 is 0. The lowest BCUT2D eigenvalue weighted by Crippen LogP contribution is -2.48. The Balaban J connectivity index is 1.48. The van der Waals surface area contributed by atoms with E-state index in [2.05, 4.69) is 10.9 Å². The molecular formula is C22H25FN4O3. The lowest BCUT2D eigenvalue weighted by atomic mass is 9.95. The van der Waals surface area contributed by atoms with E-state index in [4.69, 9.17) is 0 Å². The van der Waals surface area contributed by atoms with Crippen LogP contribution in [0.15, 0.2) is 48.5 Å². The summed E-state index contributed by atoms with van der Waals surface area (Å²) in [5.74, 6) is -1.53. The van der Waals surface area contributed by atoms with Gasteiger partial charge in [0.25, 0.3) is 11.8 Å². The molecule has 0 spiro atoms. The molecule has 1 fully saturated rings. The van der Waals surface area contributed by atoms with Crippen LogP contribution in [0.3, 0.4) is 0 Å². The quantitative estimate of drug-likeness (QED) is 0.755. The number of likely N-dealkylation sites (tertiary alicyclic amines) is 1. The minimum atomic E-state index is -0.393. The molecule has 1 saturated heterocycles. The number of nitrogens with one attached hydrogen (secondary N) is 2. The summed E-state index contributed by atoms with van der Waals surface area (Å²) < 4.78 is 13.0. The molecule has 1 aliphatic heterocycles. The van der Waals surface area contributed by atoms with Gasteiger partial charge in [0.05, 0.1) is 0 Å². The van der Waals surface area contributed by atoms with E-state index in [1.807, 2.05) is 25.1 Å². The van der Waals surface area contributed by atoms with Crippen molar-refractivity contribution in [1.82, 2.24) is 15.8 Å². The van der Waals surface area contributed by atoms with Crippen molar-refractivity contribution < 1.29 is 18.8 Å². The van der Waals surface area contributed by atoms with E-state index in [0.717, 1.165) is 5.69 Å². The van der Waals surface area contributed by atoms with Crippen molar-refractivity contribution in [2.45, 2.75) is 12.8 Å². The van der Waals surface area contributed by atoms with Gasteiger partial charge >= 0.3 is 0 Å². The second kappa shape index (κ2) is 9.39. The number of rotatable bonds is 4. The molecule has 2 aromatic rings. The van der Waals surface area contributed by atoms with Crippen LogP contribution < -0.4 is 15.8 Å². The molecule has 0 aromatic heterocycles. The summed E-state index contributed by atoms with van der Waals surface area (Å²) in [6.07, 6.45) is 0.982. The molecule has 2 N–H and O–H groups in total. The van der Waals surface area contributed by atoms with E-state index in [9.17, 15) is 18.8 Å². The van der Waals surface area contributed by atoms with Crippen molar-refractivity contribution in [3.63, 3.8) is 0 Å². The Kier molecular flexibility index (Phi) is 6.66. The summed E-state index contributed by atoms with van der Waals surface area (Å²) in [7, 11) is 3.76. The van der Waals surface area contributed by atoms with Crippen LogP contribution in [0.25, 0.3) is 0 Å². The average Bonchev–Trinajstić information content (AvgIpc) is 2.77.